The van der Waals surface area contributed by atoms with Crippen molar-refractivity contribution >= 4 is 28.9 Å². The van der Waals surface area contributed by atoms with Crippen LogP contribution in [0.4, 0.5) is 5.69 Å². The second kappa shape index (κ2) is 10.1. The van der Waals surface area contributed by atoms with Gasteiger partial charge in [-0.15, -0.1) is 0 Å². The first kappa shape index (κ1) is 24.1. The zero-order valence-corrected chi connectivity index (χ0v) is 20.3. The number of piperazine rings is 1. The maximum absolute atomic E-state index is 11.3. The Kier molecular flexibility index (Phi) is 7.12. The van der Waals surface area contributed by atoms with Crippen LogP contribution in [-0.4, -0.2) is 36.2 Å². The van der Waals surface area contributed by atoms with E-state index in [9.17, 15) is 10.4 Å². The Hall–Kier alpha value is -3.06. The Morgan fingerprint density at radius 3 is 2.21 bits per heavy atom. The number of rotatable bonds is 5. The number of aliphatic hydroxyl groups is 1. The second-order valence-electron chi connectivity index (χ2n) is 8.74. The summed E-state index contributed by atoms with van der Waals surface area (Å²) < 4.78 is 0. The molecule has 0 aliphatic carbocycles. The molecule has 0 aromatic heterocycles. The van der Waals surface area contributed by atoms with Crippen LogP contribution in [0.5, 0.6) is 0 Å². The highest BCUT2D eigenvalue weighted by atomic mass is 35.5. The molecular formula is C27H24Cl2N4O. The highest BCUT2D eigenvalue weighted by Gasteiger charge is 2.34. The first-order chi connectivity index (χ1) is 16.3. The molecule has 2 atom stereocenters. The van der Waals surface area contributed by atoms with Gasteiger partial charge in [-0.05, 0) is 60.5 Å². The molecule has 7 heteroatoms. The molecule has 1 aliphatic heterocycles. The molecule has 1 N–H and O–H groups in total. The molecule has 0 radical (unpaired) electrons. The van der Waals surface area contributed by atoms with Gasteiger partial charge in [-0.2, -0.15) is 10.5 Å². The largest absolute Gasteiger partial charge is 0.384 e. The van der Waals surface area contributed by atoms with Crippen molar-refractivity contribution in [1.82, 2.24) is 4.90 Å². The van der Waals surface area contributed by atoms with Gasteiger partial charge in [0.25, 0.3) is 0 Å². The summed E-state index contributed by atoms with van der Waals surface area (Å²) in [5, 5.41) is 30.7. The summed E-state index contributed by atoms with van der Waals surface area (Å²) in [4.78, 5) is 4.49. The van der Waals surface area contributed by atoms with Crippen LogP contribution in [0.2, 0.25) is 10.0 Å². The van der Waals surface area contributed by atoms with E-state index in [1.54, 1.807) is 31.2 Å². The molecule has 0 amide bonds. The average Bonchev–Trinajstić information content (AvgIpc) is 2.84. The number of hydrogen-bond acceptors (Lipinski definition) is 5. The molecule has 0 spiro atoms. The maximum atomic E-state index is 11.3. The average molecular weight is 491 g/mol. The highest BCUT2D eigenvalue weighted by molar-refractivity contribution is 6.33. The van der Waals surface area contributed by atoms with Crippen molar-refractivity contribution in [2.24, 2.45) is 0 Å². The fraction of sp³-hybridized carbons (Fsp3) is 0.259. The molecule has 1 unspecified atom stereocenters. The number of nitriles is 2. The zero-order valence-electron chi connectivity index (χ0n) is 18.7. The Morgan fingerprint density at radius 1 is 0.941 bits per heavy atom. The summed E-state index contributed by atoms with van der Waals surface area (Å²) in [5.74, 6) is 0. The number of anilines is 1. The third-order valence-electron chi connectivity index (χ3n) is 6.27. The lowest BCUT2D eigenvalue weighted by Crippen LogP contribution is -2.52. The Bertz CT molecular complexity index is 1240. The van der Waals surface area contributed by atoms with Crippen molar-refractivity contribution < 1.29 is 5.11 Å². The predicted molar refractivity (Wildman–Crippen MR) is 135 cm³/mol. The van der Waals surface area contributed by atoms with Crippen LogP contribution in [0.25, 0.3) is 0 Å². The van der Waals surface area contributed by atoms with Crippen molar-refractivity contribution in [1.29, 1.82) is 10.5 Å². The molecule has 1 saturated heterocycles. The highest BCUT2D eigenvalue weighted by Crippen LogP contribution is 2.37. The fourth-order valence-corrected chi connectivity index (χ4v) is 4.90. The van der Waals surface area contributed by atoms with E-state index in [0.717, 1.165) is 23.4 Å². The van der Waals surface area contributed by atoms with Crippen LogP contribution in [0.1, 0.15) is 35.2 Å². The van der Waals surface area contributed by atoms with Gasteiger partial charge in [-0.3, -0.25) is 4.90 Å². The summed E-state index contributed by atoms with van der Waals surface area (Å²) in [6, 6.07) is 24.4. The number of β-amino-alcohol motifs (C(OH)–C–C–N with tert-alkyl or cyclic N) is 1. The van der Waals surface area contributed by atoms with Gasteiger partial charge in [0.1, 0.15) is 0 Å². The van der Waals surface area contributed by atoms with E-state index in [2.05, 4.69) is 21.9 Å². The van der Waals surface area contributed by atoms with Crippen molar-refractivity contribution in [3.63, 3.8) is 0 Å². The summed E-state index contributed by atoms with van der Waals surface area (Å²) in [5.41, 5.74) is 2.75. The van der Waals surface area contributed by atoms with Crippen LogP contribution in [0, 0.1) is 22.7 Å². The number of benzene rings is 3. The lowest BCUT2D eigenvalue weighted by Gasteiger charge is -2.45. The van der Waals surface area contributed by atoms with E-state index >= 15 is 0 Å². The Morgan fingerprint density at radius 2 is 1.59 bits per heavy atom. The van der Waals surface area contributed by atoms with Crippen molar-refractivity contribution in [2.45, 2.75) is 18.6 Å². The van der Waals surface area contributed by atoms with E-state index in [1.807, 2.05) is 42.5 Å². The van der Waals surface area contributed by atoms with E-state index in [4.69, 9.17) is 28.5 Å². The van der Waals surface area contributed by atoms with Crippen molar-refractivity contribution in [2.75, 3.05) is 31.1 Å². The lowest BCUT2D eigenvalue weighted by atomic mass is 9.93. The lowest BCUT2D eigenvalue weighted by molar-refractivity contribution is 0.0103. The van der Waals surface area contributed by atoms with Crippen LogP contribution >= 0.6 is 23.2 Å². The quantitative estimate of drug-likeness (QED) is 0.510. The van der Waals surface area contributed by atoms with Crippen LogP contribution in [-0.2, 0) is 5.60 Å². The molecule has 0 bridgehead atoms. The van der Waals surface area contributed by atoms with Gasteiger partial charge in [-0.25, -0.2) is 0 Å². The molecule has 5 nitrogen and oxygen atoms in total. The van der Waals surface area contributed by atoms with Crippen LogP contribution in [0.15, 0.2) is 66.7 Å². The minimum absolute atomic E-state index is 0.0202. The Balaban J connectivity index is 1.61. The molecule has 34 heavy (non-hydrogen) atoms. The normalized spacial score (nSPS) is 18.1. The van der Waals surface area contributed by atoms with Crippen LogP contribution in [0.3, 0.4) is 0 Å². The first-order valence-corrected chi connectivity index (χ1v) is 11.7. The smallest absolute Gasteiger partial charge is 0.0994 e. The van der Waals surface area contributed by atoms with E-state index in [0.29, 0.717) is 40.8 Å². The standard InChI is InChI=1S/C27H24Cl2N4O/c1-27(34,22-7-2-19(15-30)3-8-22)18-32-12-13-33(25-11-4-20(16-31)14-24(25)29)26(17-32)21-5-9-23(28)10-6-21/h2-11,14,26,34H,12-13,17-18H2,1H3/t26?,27-/m1/s1. The monoisotopic (exact) mass is 490 g/mol. The SMILES string of the molecule is C[C@@](O)(CN1CCN(c2ccc(C#N)cc2Cl)C(c2ccc(Cl)cc2)C1)c1ccc(C#N)cc1. The molecule has 172 valence electrons. The van der Waals surface area contributed by atoms with Gasteiger partial charge in [0.2, 0.25) is 0 Å². The fourth-order valence-electron chi connectivity index (χ4n) is 4.48. The second-order valence-corrected chi connectivity index (χ2v) is 9.58. The number of hydrogen-bond donors (Lipinski definition) is 1. The third-order valence-corrected chi connectivity index (χ3v) is 6.83. The summed E-state index contributed by atoms with van der Waals surface area (Å²) in [6.45, 7) is 4.34. The van der Waals surface area contributed by atoms with Crippen molar-refractivity contribution in [3.8, 4) is 12.1 Å². The van der Waals surface area contributed by atoms with Gasteiger partial charge in [0, 0.05) is 31.2 Å². The van der Waals surface area contributed by atoms with E-state index in [-0.39, 0.29) is 6.04 Å². The summed E-state index contributed by atoms with van der Waals surface area (Å²) in [6.07, 6.45) is 0. The molecule has 1 aliphatic rings. The molecule has 3 aromatic carbocycles. The summed E-state index contributed by atoms with van der Waals surface area (Å²) >= 11 is 12.7. The molecule has 4 rings (SSSR count). The van der Waals surface area contributed by atoms with E-state index in [1.165, 1.54) is 0 Å². The molecule has 0 saturated carbocycles. The maximum Gasteiger partial charge on any atom is 0.0994 e. The first-order valence-electron chi connectivity index (χ1n) is 11.0. The molecule has 1 heterocycles. The minimum atomic E-state index is -1.08. The van der Waals surface area contributed by atoms with Gasteiger partial charge < -0.3 is 10.0 Å². The third kappa shape index (κ3) is 5.20. The number of halogens is 2. The predicted octanol–water partition coefficient (Wildman–Crippen LogP) is 5.51. The van der Waals surface area contributed by atoms with Gasteiger partial charge in [0.05, 0.1) is 45.6 Å². The Labute approximate surface area is 210 Å². The minimum Gasteiger partial charge on any atom is -0.384 e. The molecule has 3 aromatic rings. The van der Waals surface area contributed by atoms with Gasteiger partial charge in [-0.1, -0.05) is 47.5 Å². The molecule has 1 fully saturated rings. The van der Waals surface area contributed by atoms with E-state index < -0.39 is 5.60 Å². The topological polar surface area (TPSA) is 74.3 Å². The summed E-state index contributed by atoms with van der Waals surface area (Å²) in [7, 11) is 0. The number of nitrogens with zero attached hydrogens (tertiary/aromatic N) is 4. The zero-order chi connectivity index (χ0) is 24.3. The van der Waals surface area contributed by atoms with Gasteiger partial charge >= 0.3 is 0 Å². The van der Waals surface area contributed by atoms with Crippen molar-refractivity contribution in [3.05, 3.63) is 99.0 Å². The molecular weight excluding hydrogens is 467 g/mol. The van der Waals surface area contributed by atoms with Crippen LogP contribution < -0.4 is 4.90 Å². The van der Waals surface area contributed by atoms with Gasteiger partial charge in [0.15, 0.2) is 0 Å².